The quantitative estimate of drug-likeness (QED) is 0.454. The molecule has 1 fully saturated rings. The number of aromatic nitrogens is 1. The molecule has 1 aromatic heterocycles. The second kappa shape index (κ2) is 12.0. The Morgan fingerprint density at radius 2 is 1.80 bits per heavy atom. The summed E-state index contributed by atoms with van der Waals surface area (Å²) < 4.78 is 5.80. The van der Waals surface area contributed by atoms with Crippen LogP contribution in [0, 0.1) is 18.3 Å². The number of benzene rings is 1. The summed E-state index contributed by atoms with van der Waals surface area (Å²) in [6, 6.07) is 5.36. The van der Waals surface area contributed by atoms with Crippen molar-refractivity contribution in [2.24, 2.45) is 11.3 Å². The first kappa shape index (κ1) is 30.2. The Kier molecular flexibility index (Phi) is 8.82. The topological polar surface area (TPSA) is 130 Å². The standard InChI is InChI=1S/C31H41N5O5/c1-17(2)26-27(37)32-19(4)28(38)36-14-8-9-23(35-36)29(39)41-20(5)24-15-18(3)22-11-10-21(16-25(22)33-24)12-13-31(6,7)30(40)34-26/h10-13,15-17,19-20,23,26,35H,8-9,14H2,1-7H3,(H,32,37)(H,34,40)/b13-12+/t19-,20+,23-,26-/m0/s1. The normalized spacial score (nSPS) is 26.9. The van der Waals surface area contributed by atoms with E-state index in [0.29, 0.717) is 25.1 Å². The lowest BCUT2D eigenvalue weighted by atomic mass is 9.89. The molecule has 1 saturated heterocycles. The average Bonchev–Trinajstić information content (AvgIpc) is 2.93. The summed E-state index contributed by atoms with van der Waals surface area (Å²) >= 11 is 0. The molecule has 0 unspecified atom stereocenters. The highest BCUT2D eigenvalue weighted by molar-refractivity contribution is 5.94. The van der Waals surface area contributed by atoms with Crippen LogP contribution in [0.15, 0.2) is 30.3 Å². The zero-order chi connectivity index (χ0) is 30.1. The minimum atomic E-state index is -0.927. The molecule has 3 N–H and O–H groups in total. The smallest absolute Gasteiger partial charge is 0.325 e. The maximum Gasteiger partial charge on any atom is 0.325 e. The van der Waals surface area contributed by atoms with Gasteiger partial charge in [0.25, 0.3) is 5.91 Å². The summed E-state index contributed by atoms with van der Waals surface area (Å²) in [6.45, 7) is 13.0. The van der Waals surface area contributed by atoms with E-state index in [9.17, 15) is 19.2 Å². The lowest BCUT2D eigenvalue weighted by Gasteiger charge is -2.35. The predicted molar refractivity (Wildman–Crippen MR) is 156 cm³/mol. The van der Waals surface area contributed by atoms with E-state index in [1.54, 1.807) is 33.8 Å². The van der Waals surface area contributed by atoms with Gasteiger partial charge >= 0.3 is 5.97 Å². The molecular formula is C31H41N5O5. The molecule has 5 bridgehead atoms. The minimum absolute atomic E-state index is 0.221. The molecule has 41 heavy (non-hydrogen) atoms. The van der Waals surface area contributed by atoms with Gasteiger partial charge < -0.3 is 15.4 Å². The Hall–Kier alpha value is -3.79. The lowest BCUT2D eigenvalue weighted by Crippen LogP contribution is -2.61. The molecule has 3 heterocycles. The first-order valence-corrected chi connectivity index (χ1v) is 14.3. The third-order valence-electron chi connectivity index (χ3n) is 7.75. The van der Waals surface area contributed by atoms with Crippen LogP contribution in [0.4, 0.5) is 0 Å². The first-order chi connectivity index (χ1) is 19.3. The maximum absolute atomic E-state index is 13.3. The summed E-state index contributed by atoms with van der Waals surface area (Å²) in [5.74, 6) is -1.84. The van der Waals surface area contributed by atoms with Crippen molar-refractivity contribution in [3.63, 3.8) is 0 Å². The van der Waals surface area contributed by atoms with E-state index in [1.165, 1.54) is 5.01 Å². The summed E-state index contributed by atoms with van der Waals surface area (Å²) in [6.07, 6.45) is 4.15. The van der Waals surface area contributed by atoms with Crippen LogP contribution < -0.4 is 16.1 Å². The molecule has 0 saturated carbocycles. The van der Waals surface area contributed by atoms with Crippen molar-refractivity contribution >= 4 is 40.7 Å². The number of nitrogens with zero attached hydrogens (tertiary/aromatic N) is 2. The van der Waals surface area contributed by atoms with Gasteiger partial charge in [0.2, 0.25) is 11.8 Å². The van der Waals surface area contributed by atoms with Gasteiger partial charge in [-0.2, -0.15) is 0 Å². The van der Waals surface area contributed by atoms with Crippen molar-refractivity contribution in [1.29, 1.82) is 0 Å². The molecule has 220 valence electrons. The molecule has 4 rings (SSSR count). The largest absolute Gasteiger partial charge is 0.455 e. The molecule has 10 heteroatoms. The Bertz CT molecular complexity index is 1380. The van der Waals surface area contributed by atoms with Gasteiger partial charge in [-0.05, 0) is 76.6 Å². The zero-order valence-corrected chi connectivity index (χ0v) is 24.9. The van der Waals surface area contributed by atoms with Crippen molar-refractivity contribution in [3.8, 4) is 0 Å². The highest BCUT2D eigenvalue weighted by Gasteiger charge is 2.35. The fraction of sp³-hybridized carbons (Fsp3) is 0.516. The number of nitrogens with one attached hydrogen (secondary N) is 3. The fourth-order valence-electron chi connectivity index (χ4n) is 5.03. The van der Waals surface area contributed by atoms with E-state index in [1.807, 2.05) is 51.1 Å². The van der Waals surface area contributed by atoms with E-state index in [2.05, 4.69) is 16.1 Å². The molecule has 0 spiro atoms. The summed E-state index contributed by atoms with van der Waals surface area (Å²) in [7, 11) is 0. The molecule has 2 aromatic rings. The number of amides is 3. The number of hydrogen-bond donors (Lipinski definition) is 3. The molecular weight excluding hydrogens is 522 g/mol. The van der Waals surface area contributed by atoms with Crippen LogP contribution in [0.5, 0.6) is 0 Å². The molecule has 4 atom stereocenters. The molecule has 0 radical (unpaired) electrons. The van der Waals surface area contributed by atoms with Gasteiger partial charge in [-0.3, -0.25) is 24.2 Å². The predicted octanol–water partition coefficient (Wildman–Crippen LogP) is 3.34. The van der Waals surface area contributed by atoms with Crippen molar-refractivity contribution in [3.05, 3.63) is 47.2 Å². The number of hydrogen-bond acceptors (Lipinski definition) is 7. The molecule has 3 amide bonds. The number of rotatable bonds is 1. The molecule has 2 aliphatic rings. The number of hydrazine groups is 1. The van der Waals surface area contributed by atoms with Crippen LogP contribution in [-0.4, -0.2) is 58.4 Å². The van der Waals surface area contributed by atoms with Crippen LogP contribution >= 0.6 is 0 Å². The van der Waals surface area contributed by atoms with E-state index in [-0.39, 0.29) is 17.7 Å². The average molecular weight is 564 g/mol. The monoisotopic (exact) mass is 563 g/mol. The van der Waals surface area contributed by atoms with E-state index in [0.717, 1.165) is 22.0 Å². The number of carbonyl (C=O) groups excluding carboxylic acids is 4. The van der Waals surface area contributed by atoms with Gasteiger partial charge in [0.15, 0.2) is 0 Å². The van der Waals surface area contributed by atoms with Crippen LogP contribution in [-0.2, 0) is 23.9 Å². The third kappa shape index (κ3) is 6.75. The number of ether oxygens (including phenoxy) is 1. The minimum Gasteiger partial charge on any atom is -0.455 e. The second-order valence-corrected chi connectivity index (χ2v) is 12.0. The lowest BCUT2D eigenvalue weighted by molar-refractivity contribution is -0.157. The maximum atomic E-state index is 13.3. The number of fused-ring (bicyclic) bond motifs is 4. The van der Waals surface area contributed by atoms with Gasteiger partial charge in [0.05, 0.1) is 16.6 Å². The Labute approximate surface area is 241 Å². The first-order valence-electron chi connectivity index (χ1n) is 14.3. The third-order valence-corrected chi connectivity index (χ3v) is 7.75. The summed E-state index contributed by atoms with van der Waals surface area (Å²) in [5.41, 5.74) is 5.28. The number of pyridine rings is 1. The van der Waals surface area contributed by atoms with Gasteiger partial charge in [0, 0.05) is 11.9 Å². The Balaban J connectivity index is 1.73. The number of cyclic esters (lactones) is 1. The molecule has 2 aliphatic heterocycles. The van der Waals surface area contributed by atoms with Crippen molar-refractivity contribution in [1.82, 2.24) is 26.1 Å². The molecule has 1 aromatic carbocycles. The second-order valence-electron chi connectivity index (χ2n) is 12.0. The Morgan fingerprint density at radius 3 is 2.51 bits per heavy atom. The Morgan fingerprint density at radius 1 is 1.07 bits per heavy atom. The summed E-state index contributed by atoms with van der Waals surface area (Å²) in [4.78, 5) is 57.7. The van der Waals surface area contributed by atoms with Crippen LogP contribution in [0.25, 0.3) is 17.0 Å². The van der Waals surface area contributed by atoms with Crippen LogP contribution in [0.1, 0.15) is 77.3 Å². The van der Waals surface area contributed by atoms with E-state index >= 15 is 0 Å². The highest BCUT2D eigenvalue weighted by Crippen LogP contribution is 2.26. The zero-order valence-electron chi connectivity index (χ0n) is 24.9. The SMILES string of the molecule is Cc1cc2nc3cc(ccc13)/C=C/C(C)(C)C(=O)N[C@@H](C(C)C)C(=O)N[C@@H](C)C(=O)N1CCC[C@H](N1)C(=O)O[C@@H]2C. The van der Waals surface area contributed by atoms with Gasteiger partial charge in [0.1, 0.15) is 24.2 Å². The van der Waals surface area contributed by atoms with Crippen LogP contribution in [0.3, 0.4) is 0 Å². The van der Waals surface area contributed by atoms with Gasteiger partial charge in [-0.15, -0.1) is 0 Å². The van der Waals surface area contributed by atoms with E-state index < -0.39 is 41.5 Å². The number of esters is 1. The van der Waals surface area contributed by atoms with Crippen molar-refractivity contribution in [2.75, 3.05) is 6.54 Å². The van der Waals surface area contributed by atoms with Gasteiger partial charge in [-0.25, -0.2) is 10.4 Å². The molecule has 10 nitrogen and oxygen atoms in total. The summed E-state index contributed by atoms with van der Waals surface area (Å²) in [5, 5.41) is 7.97. The molecule has 0 aliphatic carbocycles. The van der Waals surface area contributed by atoms with Crippen molar-refractivity contribution < 1.29 is 23.9 Å². The van der Waals surface area contributed by atoms with Crippen molar-refractivity contribution in [2.45, 2.75) is 85.5 Å². The van der Waals surface area contributed by atoms with Crippen LogP contribution in [0.2, 0.25) is 0 Å². The van der Waals surface area contributed by atoms with Gasteiger partial charge in [-0.1, -0.05) is 38.1 Å². The van der Waals surface area contributed by atoms with E-state index in [4.69, 9.17) is 9.72 Å². The number of aryl methyl sites for hydroxylation is 1. The fourth-order valence-corrected chi connectivity index (χ4v) is 5.03. The number of carbonyl (C=O) groups is 4. The highest BCUT2D eigenvalue weighted by atomic mass is 16.5.